The summed E-state index contributed by atoms with van der Waals surface area (Å²) in [6, 6.07) is 3.79. The lowest BCUT2D eigenvalue weighted by molar-refractivity contribution is 1.21. The zero-order valence-corrected chi connectivity index (χ0v) is 8.68. The third-order valence-corrected chi connectivity index (χ3v) is 1.52. The average molecular weight is 181 g/mol. The molecule has 2 heteroatoms. The molecule has 1 aromatic rings. The maximum atomic E-state index is 4.22. The number of aromatic nitrogens is 1. The topological polar surface area (TPSA) is 12.9 Å². The Morgan fingerprint density at radius 1 is 1.42 bits per heavy atom. The van der Waals surface area contributed by atoms with E-state index < -0.39 is 0 Å². The van der Waals surface area contributed by atoms with Crippen molar-refractivity contribution in [1.82, 2.24) is 4.98 Å². The molecular formula is C10H15NS. The van der Waals surface area contributed by atoms with E-state index in [0.29, 0.717) is 0 Å². The summed E-state index contributed by atoms with van der Waals surface area (Å²) in [4.78, 5) is 5.02. The summed E-state index contributed by atoms with van der Waals surface area (Å²) in [5, 5.41) is 0. The lowest BCUT2D eigenvalue weighted by Crippen LogP contribution is -1.79. The van der Waals surface area contributed by atoms with Gasteiger partial charge in [0.2, 0.25) is 0 Å². The van der Waals surface area contributed by atoms with Crippen molar-refractivity contribution >= 4 is 18.7 Å². The van der Waals surface area contributed by atoms with Gasteiger partial charge < -0.3 is 0 Å². The molecule has 0 saturated heterocycles. The van der Waals surface area contributed by atoms with Crippen LogP contribution in [-0.2, 0) is 0 Å². The summed E-state index contributed by atoms with van der Waals surface area (Å²) in [7, 11) is 0. The van der Waals surface area contributed by atoms with Crippen molar-refractivity contribution < 1.29 is 0 Å². The van der Waals surface area contributed by atoms with Crippen molar-refractivity contribution in [3.05, 3.63) is 30.1 Å². The van der Waals surface area contributed by atoms with Gasteiger partial charge in [0, 0.05) is 11.1 Å². The minimum atomic E-state index is 0.917. The lowest BCUT2D eigenvalue weighted by Gasteiger charge is -1.94. The van der Waals surface area contributed by atoms with Gasteiger partial charge in [0.15, 0.2) is 0 Å². The molecule has 66 valence electrons. The van der Waals surface area contributed by atoms with Gasteiger partial charge in [0.1, 0.15) is 0 Å². The Labute approximate surface area is 79.9 Å². The minimum absolute atomic E-state index is 0.917. The fourth-order valence-corrected chi connectivity index (χ4v) is 0.914. The van der Waals surface area contributed by atoms with E-state index >= 15 is 0 Å². The third kappa shape index (κ3) is 3.58. The molecule has 1 aromatic heterocycles. The molecule has 1 rings (SSSR count). The average Bonchev–Trinajstić information content (AvgIpc) is 2.13. The third-order valence-electron chi connectivity index (χ3n) is 1.14. The zero-order chi connectivity index (χ0) is 9.40. The molecule has 1 heterocycles. The number of hydrogen-bond donors (Lipinski definition) is 1. The molecular weight excluding hydrogens is 166 g/mol. The Morgan fingerprint density at radius 2 is 2.08 bits per heavy atom. The fraction of sp³-hybridized carbons (Fsp3) is 0.300. The molecule has 0 N–H and O–H groups in total. The molecule has 0 spiro atoms. The second-order valence-corrected chi connectivity index (χ2v) is 2.39. The first-order valence-electron chi connectivity index (χ1n) is 4.11. The van der Waals surface area contributed by atoms with Crippen LogP contribution in [0.3, 0.4) is 0 Å². The highest BCUT2D eigenvalue weighted by Gasteiger charge is 1.90. The van der Waals surface area contributed by atoms with Crippen molar-refractivity contribution in [2.45, 2.75) is 25.7 Å². The summed E-state index contributed by atoms with van der Waals surface area (Å²) < 4.78 is 0. The van der Waals surface area contributed by atoms with Gasteiger partial charge in [0.25, 0.3) is 0 Å². The van der Waals surface area contributed by atoms with Crippen molar-refractivity contribution in [1.29, 1.82) is 0 Å². The number of hydrogen-bond acceptors (Lipinski definition) is 2. The van der Waals surface area contributed by atoms with E-state index in [-0.39, 0.29) is 0 Å². The fourth-order valence-electron chi connectivity index (χ4n) is 0.695. The Bertz CT molecular complexity index is 243. The van der Waals surface area contributed by atoms with Crippen LogP contribution in [0.4, 0.5) is 0 Å². The van der Waals surface area contributed by atoms with Gasteiger partial charge in [-0.2, -0.15) is 0 Å². The second-order valence-electron chi connectivity index (χ2n) is 1.91. The van der Waals surface area contributed by atoms with Crippen LogP contribution in [0.25, 0.3) is 6.08 Å². The van der Waals surface area contributed by atoms with Gasteiger partial charge in [-0.15, -0.1) is 12.6 Å². The quantitative estimate of drug-likeness (QED) is 0.655. The van der Waals surface area contributed by atoms with Crippen LogP contribution in [-0.4, -0.2) is 4.98 Å². The SMILES string of the molecule is C/C=C/c1ncccc1S.CC. The van der Waals surface area contributed by atoms with E-state index in [4.69, 9.17) is 0 Å². The predicted octanol–water partition coefficient (Wildman–Crippen LogP) is 3.43. The van der Waals surface area contributed by atoms with Crippen molar-refractivity contribution in [2.75, 3.05) is 0 Å². The van der Waals surface area contributed by atoms with Crippen LogP contribution >= 0.6 is 12.6 Å². The molecule has 12 heavy (non-hydrogen) atoms. The van der Waals surface area contributed by atoms with Gasteiger partial charge in [-0.05, 0) is 25.1 Å². The minimum Gasteiger partial charge on any atom is -0.256 e. The largest absolute Gasteiger partial charge is 0.256 e. The zero-order valence-electron chi connectivity index (χ0n) is 7.78. The van der Waals surface area contributed by atoms with E-state index in [1.165, 1.54) is 0 Å². The van der Waals surface area contributed by atoms with Crippen LogP contribution < -0.4 is 0 Å². The monoisotopic (exact) mass is 181 g/mol. The molecule has 0 atom stereocenters. The van der Waals surface area contributed by atoms with E-state index in [1.807, 2.05) is 45.1 Å². The molecule has 0 fully saturated rings. The van der Waals surface area contributed by atoms with Crippen molar-refractivity contribution in [2.24, 2.45) is 0 Å². The van der Waals surface area contributed by atoms with E-state index in [9.17, 15) is 0 Å². The molecule has 0 radical (unpaired) electrons. The number of rotatable bonds is 1. The Balaban J connectivity index is 0.000000561. The van der Waals surface area contributed by atoms with Gasteiger partial charge in [-0.1, -0.05) is 19.9 Å². The molecule has 0 aliphatic carbocycles. The summed E-state index contributed by atoms with van der Waals surface area (Å²) in [5.41, 5.74) is 0.924. The van der Waals surface area contributed by atoms with Crippen LogP contribution in [0, 0.1) is 0 Å². The Hall–Kier alpha value is -0.760. The van der Waals surface area contributed by atoms with Gasteiger partial charge >= 0.3 is 0 Å². The molecule has 0 saturated carbocycles. The molecule has 0 amide bonds. The van der Waals surface area contributed by atoms with Crippen LogP contribution in [0.2, 0.25) is 0 Å². The highest BCUT2D eigenvalue weighted by Crippen LogP contribution is 2.10. The number of allylic oxidation sites excluding steroid dienone is 1. The summed E-state index contributed by atoms with van der Waals surface area (Å²) in [6.07, 6.45) is 5.64. The standard InChI is InChI=1S/C8H9NS.C2H6/c1-2-4-7-8(10)5-3-6-9-7;1-2/h2-6,10H,1H3;1-2H3/b4-2+;. The normalized spacial score (nSPS) is 9.33. The summed E-state index contributed by atoms with van der Waals surface area (Å²) >= 11 is 4.22. The van der Waals surface area contributed by atoms with Crippen LogP contribution in [0.15, 0.2) is 29.3 Å². The molecule has 0 aromatic carbocycles. The van der Waals surface area contributed by atoms with Crippen molar-refractivity contribution in [3.63, 3.8) is 0 Å². The summed E-state index contributed by atoms with van der Waals surface area (Å²) in [6.45, 7) is 5.96. The molecule has 0 bridgehead atoms. The maximum Gasteiger partial charge on any atom is 0.0759 e. The Morgan fingerprint density at radius 3 is 2.58 bits per heavy atom. The van der Waals surface area contributed by atoms with Gasteiger partial charge in [0.05, 0.1) is 5.69 Å². The first-order chi connectivity index (χ1) is 5.84. The Kier molecular flexibility index (Phi) is 6.48. The molecule has 0 unspecified atom stereocenters. The van der Waals surface area contributed by atoms with E-state index in [0.717, 1.165) is 10.6 Å². The van der Waals surface area contributed by atoms with Crippen LogP contribution in [0.1, 0.15) is 26.5 Å². The number of nitrogens with zero attached hydrogens (tertiary/aromatic N) is 1. The van der Waals surface area contributed by atoms with Gasteiger partial charge in [-0.25, -0.2) is 0 Å². The van der Waals surface area contributed by atoms with Crippen LogP contribution in [0.5, 0.6) is 0 Å². The highest BCUT2D eigenvalue weighted by molar-refractivity contribution is 7.80. The molecule has 0 aliphatic rings. The van der Waals surface area contributed by atoms with E-state index in [1.54, 1.807) is 6.20 Å². The van der Waals surface area contributed by atoms with Gasteiger partial charge in [-0.3, -0.25) is 4.98 Å². The number of thiol groups is 1. The smallest absolute Gasteiger partial charge is 0.0759 e. The molecule has 1 nitrogen and oxygen atoms in total. The highest BCUT2D eigenvalue weighted by atomic mass is 32.1. The first-order valence-corrected chi connectivity index (χ1v) is 4.56. The second kappa shape index (κ2) is 6.92. The van der Waals surface area contributed by atoms with Crippen molar-refractivity contribution in [3.8, 4) is 0 Å². The molecule has 0 aliphatic heterocycles. The summed E-state index contributed by atoms with van der Waals surface area (Å²) in [5.74, 6) is 0. The van der Waals surface area contributed by atoms with E-state index in [2.05, 4.69) is 17.6 Å². The lowest BCUT2D eigenvalue weighted by atomic mass is 10.3. The first kappa shape index (κ1) is 11.2. The number of pyridine rings is 1. The maximum absolute atomic E-state index is 4.22. The predicted molar refractivity (Wildman–Crippen MR) is 57.5 cm³/mol.